The van der Waals surface area contributed by atoms with Crippen LogP contribution in [0, 0.1) is 25.6 Å². The quantitative estimate of drug-likeness (QED) is 0.482. The molecule has 1 rings (SSSR count). The van der Waals surface area contributed by atoms with Gasteiger partial charge in [-0.2, -0.15) is 5.10 Å². The van der Waals surface area contributed by atoms with Crippen molar-refractivity contribution in [1.82, 2.24) is 0 Å². The second-order valence-corrected chi connectivity index (χ2v) is 6.10. The Hall–Kier alpha value is -2.51. The predicted octanol–water partition coefficient (Wildman–Crippen LogP) is 4.12. The van der Waals surface area contributed by atoms with Crippen LogP contribution < -0.4 is 5.43 Å². The van der Waals surface area contributed by atoms with Crippen LogP contribution in [0.15, 0.2) is 23.3 Å². The Kier molecular flexibility index (Phi) is 5.56. The van der Waals surface area contributed by atoms with Crippen LogP contribution in [0.25, 0.3) is 0 Å². The van der Waals surface area contributed by atoms with Crippen LogP contribution in [-0.4, -0.2) is 15.6 Å². The minimum absolute atomic E-state index is 0.0535. The Morgan fingerprint density at radius 1 is 1.23 bits per heavy atom. The van der Waals surface area contributed by atoms with E-state index < -0.39 is 9.85 Å². The first-order valence-electron chi connectivity index (χ1n) is 6.88. The fourth-order valence-electron chi connectivity index (χ4n) is 1.87. The van der Waals surface area contributed by atoms with E-state index in [9.17, 15) is 20.2 Å². The second-order valence-electron chi connectivity index (χ2n) is 6.10. The summed E-state index contributed by atoms with van der Waals surface area (Å²) in [4.78, 5) is 20.4. The molecule has 0 saturated carbocycles. The van der Waals surface area contributed by atoms with Crippen LogP contribution in [0.4, 0.5) is 17.1 Å². The summed E-state index contributed by atoms with van der Waals surface area (Å²) >= 11 is 0. The number of non-ortho nitro benzene ring substituents is 1. The third kappa shape index (κ3) is 5.12. The molecule has 1 aromatic rings. The highest BCUT2D eigenvalue weighted by atomic mass is 16.6. The van der Waals surface area contributed by atoms with Crippen molar-refractivity contribution in [2.45, 2.75) is 40.5 Å². The van der Waals surface area contributed by atoms with E-state index in [1.165, 1.54) is 12.1 Å². The van der Waals surface area contributed by atoms with Gasteiger partial charge in [0.15, 0.2) is 0 Å². The highest BCUT2D eigenvalue weighted by Gasteiger charge is 2.19. The summed E-state index contributed by atoms with van der Waals surface area (Å²) in [6, 6.07) is 3.43. The number of nitro groups is 2. The summed E-state index contributed by atoms with van der Waals surface area (Å²) in [5.41, 5.74) is 3.02. The number of benzene rings is 1. The van der Waals surface area contributed by atoms with Crippen molar-refractivity contribution < 1.29 is 9.85 Å². The first-order chi connectivity index (χ1) is 10.1. The lowest BCUT2D eigenvalue weighted by Gasteiger charge is -2.18. The summed E-state index contributed by atoms with van der Waals surface area (Å²) in [6.45, 7) is 8.18. The van der Waals surface area contributed by atoms with Crippen molar-refractivity contribution in [1.29, 1.82) is 0 Å². The van der Waals surface area contributed by atoms with Gasteiger partial charge < -0.3 is 0 Å². The van der Waals surface area contributed by atoms with E-state index in [0.29, 0.717) is 6.42 Å². The summed E-state index contributed by atoms with van der Waals surface area (Å²) in [7, 11) is 0. The Bertz CT molecular complexity index is 605. The highest BCUT2D eigenvalue weighted by Crippen LogP contribution is 2.29. The van der Waals surface area contributed by atoms with Gasteiger partial charge in [-0.25, -0.2) is 0 Å². The molecular weight excluding hydrogens is 288 g/mol. The molecule has 8 nitrogen and oxygen atoms in total. The molecule has 0 aliphatic carbocycles. The van der Waals surface area contributed by atoms with Crippen molar-refractivity contribution in [3.63, 3.8) is 0 Å². The molecule has 0 aliphatic heterocycles. The smallest absolute Gasteiger partial charge is 0.272 e. The predicted molar refractivity (Wildman–Crippen MR) is 85.2 cm³/mol. The van der Waals surface area contributed by atoms with Gasteiger partial charge in [0, 0.05) is 11.8 Å². The third-order valence-electron chi connectivity index (χ3n) is 2.87. The lowest BCUT2D eigenvalue weighted by Crippen LogP contribution is -2.13. The zero-order chi connectivity index (χ0) is 16.9. The van der Waals surface area contributed by atoms with Crippen molar-refractivity contribution in [3.05, 3.63) is 38.4 Å². The summed E-state index contributed by atoms with van der Waals surface area (Å²) in [6.07, 6.45) is 1.46. The Morgan fingerprint density at radius 3 is 2.32 bits per heavy atom. The molecule has 8 heteroatoms. The first-order valence-corrected chi connectivity index (χ1v) is 6.88. The number of nitrogens with zero attached hydrogens (tertiary/aromatic N) is 3. The SMILES string of the molecule is CCC(CC(C)(C)C)=NNc1ccc([N+](=O)[O-])cc1[N+](=O)[O-]. The topological polar surface area (TPSA) is 111 Å². The largest absolute Gasteiger partial charge is 0.301 e. The molecule has 1 N–H and O–H groups in total. The normalized spacial score (nSPS) is 12.1. The fraction of sp³-hybridized carbons (Fsp3) is 0.500. The maximum absolute atomic E-state index is 11.0. The Morgan fingerprint density at radius 2 is 1.86 bits per heavy atom. The summed E-state index contributed by atoms with van der Waals surface area (Å²) in [5.74, 6) is 0. The van der Waals surface area contributed by atoms with Crippen molar-refractivity contribution in [3.8, 4) is 0 Å². The standard InChI is InChI=1S/C14H20N4O4/c1-5-10(9-14(2,3)4)15-16-12-7-6-11(17(19)20)8-13(12)18(21)22/h6-8,16H,5,9H2,1-4H3. The van der Waals surface area contributed by atoms with E-state index >= 15 is 0 Å². The molecule has 22 heavy (non-hydrogen) atoms. The van der Waals surface area contributed by atoms with Crippen molar-refractivity contribution >= 4 is 22.8 Å². The van der Waals surface area contributed by atoms with Gasteiger partial charge in [0.2, 0.25) is 0 Å². The zero-order valence-electron chi connectivity index (χ0n) is 13.1. The molecule has 0 heterocycles. The van der Waals surface area contributed by atoms with Gasteiger partial charge in [-0.1, -0.05) is 27.7 Å². The number of hydrogen-bond acceptors (Lipinski definition) is 6. The van der Waals surface area contributed by atoms with E-state index in [-0.39, 0.29) is 22.5 Å². The molecule has 0 unspecified atom stereocenters. The average Bonchev–Trinajstić information content (AvgIpc) is 2.41. The second kappa shape index (κ2) is 6.97. The minimum Gasteiger partial charge on any atom is -0.272 e. The third-order valence-corrected chi connectivity index (χ3v) is 2.87. The molecule has 0 spiro atoms. The zero-order valence-corrected chi connectivity index (χ0v) is 13.1. The van der Waals surface area contributed by atoms with Crippen molar-refractivity contribution in [2.75, 3.05) is 5.43 Å². The maximum atomic E-state index is 11.0. The van der Waals surface area contributed by atoms with Crippen LogP contribution >= 0.6 is 0 Å². The van der Waals surface area contributed by atoms with Gasteiger partial charge in [-0.05, 0) is 24.3 Å². The van der Waals surface area contributed by atoms with E-state index in [1.807, 2.05) is 6.92 Å². The molecule has 0 atom stereocenters. The molecule has 0 fully saturated rings. The average molecular weight is 308 g/mol. The highest BCUT2D eigenvalue weighted by molar-refractivity contribution is 5.85. The number of anilines is 1. The van der Waals surface area contributed by atoms with Gasteiger partial charge in [-0.3, -0.25) is 25.7 Å². The van der Waals surface area contributed by atoms with Gasteiger partial charge in [0.25, 0.3) is 5.69 Å². The van der Waals surface area contributed by atoms with E-state index in [4.69, 9.17) is 0 Å². The van der Waals surface area contributed by atoms with Gasteiger partial charge in [0.05, 0.1) is 15.9 Å². The monoisotopic (exact) mass is 308 g/mol. The molecular formula is C14H20N4O4. The molecule has 0 saturated heterocycles. The van der Waals surface area contributed by atoms with Crippen LogP contribution in [0.3, 0.4) is 0 Å². The lowest BCUT2D eigenvalue weighted by molar-refractivity contribution is -0.393. The summed E-state index contributed by atoms with van der Waals surface area (Å²) in [5, 5.41) is 25.9. The maximum Gasteiger partial charge on any atom is 0.301 e. The summed E-state index contributed by atoms with van der Waals surface area (Å²) < 4.78 is 0. The molecule has 0 aromatic heterocycles. The fourth-order valence-corrected chi connectivity index (χ4v) is 1.87. The van der Waals surface area contributed by atoms with E-state index in [2.05, 4.69) is 31.3 Å². The van der Waals surface area contributed by atoms with Crippen LogP contribution in [0.1, 0.15) is 40.5 Å². The van der Waals surface area contributed by atoms with Gasteiger partial charge in [0.1, 0.15) is 5.69 Å². The van der Waals surface area contributed by atoms with Crippen LogP contribution in [-0.2, 0) is 0 Å². The van der Waals surface area contributed by atoms with E-state index in [1.54, 1.807) is 0 Å². The number of hydrazone groups is 1. The number of hydrogen-bond donors (Lipinski definition) is 1. The lowest BCUT2D eigenvalue weighted by atomic mass is 9.89. The minimum atomic E-state index is -0.670. The van der Waals surface area contributed by atoms with E-state index in [0.717, 1.165) is 18.2 Å². The van der Waals surface area contributed by atoms with Crippen LogP contribution in [0.5, 0.6) is 0 Å². The molecule has 0 amide bonds. The first kappa shape index (κ1) is 17.5. The number of rotatable bonds is 6. The number of nitro benzene ring substituents is 2. The molecule has 0 radical (unpaired) electrons. The Balaban J connectivity index is 3.06. The number of nitrogens with one attached hydrogen (secondary N) is 1. The molecule has 0 aliphatic rings. The Labute approximate surface area is 128 Å². The van der Waals surface area contributed by atoms with Crippen LogP contribution in [0.2, 0.25) is 0 Å². The molecule has 0 bridgehead atoms. The molecule has 1 aromatic carbocycles. The van der Waals surface area contributed by atoms with Gasteiger partial charge >= 0.3 is 5.69 Å². The van der Waals surface area contributed by atoms with Gasteiger partial charge in [-0.15, -0.1) is 0 Å². The molecule has 120 valence electrons. The van der Waals surface area contributed by atoms with Crippen molar-refractivity contribution in [2.24, 2.45) is 10.5 Å².